The van der Waals surface area contributed by atoms with Gasteiger partial charge in [-0.05, 0) is 30.6 Å². The summed E-state index contributed by atoms with van der Waals surface area (Å²) < 4.78 is 5.57. The maximum absolute atomic E-state index is 5.93. The van der Waals surface area contributed by atoms with E-state index in [4.69, 9.17) is 10.5 Å². The van der Waals surface area contributed by atoms with Crippen molar-refractivity contribution in [3.63, 3.8) is 0 Å². The van der Waals surface area contributed by atoms with Crippen LogP contribution in [0, 0.1) is 0 Å². The molecule has 0 aromatic carbocycles. The van der Waals surface area contributed by atoms with E-state index in [0.717, 1.165) is 37.4 Å². The molecule has 4 heterocycles. The van der Waals surface area contributed by atoms with Gasteiger partial charge in [0.25, 0.3) is 0 Å². The van der Waals surface area contributed by atoms with E-state index in [9.17, 15) is 0 Å². The number of fused-ring (bicyclic) bond motifs is 1. The molecule has 116 valence electrons. The van der Waals surface area contributed by atoms with Gasteiger partial charge in [0, 0.05) is 31.1 Å². The second-order valence-corrected chi connectivity index (χ2v) is 5.93. The maximum atomic E-state index is 5.93. The SMILES string of the molecule is CC1=C2CC(c3ccn[nH]3)=CN([C@@H]3CCOC3)C2N=C(N)N1. The Bertz CT molecular complexity index is 654. The molecule has 0 amide bonds. The van der Waals surface area contributed by atoms with Crippen molar-refractivity contribution in [1.82, 2.24) is 20.4 Å². The van der Waals surface area contributed by atoms with Crippen LogP contribution in [0.2, 0.25) is 0 Å². The number of nitrogens with one attached hydrogen (secondary N) is 2. The predicted molar refractivity (Wildman–Crippen MR) is 83.5 cm³/mol. The fourth-order valence-electron chi connectivity index (χ4n) is 3.34. The summed E-state index contributed by atoms with van der Waals surface area (Å²) in [4.78, 5) is 6.91. The van der Waals surface area contributed by atoms with Crippen LogP contribution >= 0.6 is 0 Å². The molecule has 1 aromatic heterocycles. The lowest BCUT2D eigenvalue weighted by Gasteiger charge is -2.40. The molecular weight excluding hydrogens is 280 g/mol. The number of nitrogens with zero attached hydrogens (tertiary/aromatic N) is 3. The molecule has 0 saturated carbocycles. The summed E-state index contributed by atoms with van der Waals surface area (Å²) in [5.74, 6) is 0.480. The molecule has 3 aliphatic rings. The minimum absolute atomic E-state index is 0.0281. The highest BCUT2D eigenvalue weighted by Crippen LogP contribution is 2.36. The minimum Gasteiger partial charge on any atom is -0.379 e. The van der Waals surface area contributed by atoms with Gasteiger partial charge in [-0.1, -0.05) is 0 Å². The third-order valence-electron chi connectivity index (χ3n) is 4.51. The van der Waals surface area contributed by atoms with Crippen LogP contribution in [0.4, 0.5) is 0 Å². The van der Waals surface area contributed by atoms with Crippen molar-refractivity contribution >= 4 is 11.5 Å². The average molecular weight is 300 g/mol. The third-order valence-corrected chi connectivity index (χ3v) is 4.51. The summed E-state index contributed by atoms with van der Waals surface area (Å²) in [5, 5.41) is 10.3. The van der Waals surface area contributed by atoms with Gasteiger partial charge >= 0.3 is 0 Å². The maximum Gasteiger partial charge on any atom is 0.195 e. The Kier molecular flexibility index (Phi) is 3.15. The lowest BCUT2D eigenvalue weighted by molar-refractivity contribution is 0.154. The van der Waals surface area contributed by atoms with E-state index in [2.05, 4.69) is 38.5 Å². The van der Waals surface area contributed by atoms with Crippen molar-refractivity contribution in [2.75, 3.05) is 13.2 Å². The molecule has 22 heavy (non-hydrogen) atoms. The van der Waals surface area contributed by atoms with Crippen LogP contribution in [0.1, 0.15) is 25.5 Å². The average Bonchev–Trinajstić information content (AvgIpc) is 3.20. The van der Waals surface area contributed by atoms with E-state index in [1.54, 1.807) is 6.20 Å². The minimum atomic E-state index is -0.0281. The Hall–Kier alpha value is -2.28. The molecule has 1 fully saturated rings. The highest BCUT2D eigenvalue weighted by Gasteiger charge is 2.36. The summed E-state index contributed by atoms with van der Waals surface area (Å²) >= 11 is 0. The lowest BCUT2D eigenvalue weighted by atomic mass is 9.93. The summed E-state index contributed by atoms with van der Waals surface area (Å²) in [6.07, 6.45) is 5.79. The smallest absolute Gasteiger partial charge is 0.195 e. The van der Waals surface area contributed by atoms with E-state index in [-0.39, 0.29) is 6.17 Å². The van der Waals surface area contributed by atoms with Crippen molar-refractivity contribution in [3.05, 3.63) is 35.4 Å². The fraction of sp³-hybridized carbons (Fsp3) is 0.467. The zero-order chi connectivity index (χ0) is 15.1. The lowest BCUT2D eigenvalue weighted by Crippen LogP contribution is -2.48. The third kappa shape index (κ3) is 2.18. The topological polar surface area (TPSA) is 91.6 Å². The van der Waals surface area contributed by atoms with Crippen LogP contribution in [0.3, 0.4) is 0 Å². The molecule has 3 aliphatic heterocycles. The summed E-state index contributed by atoms with van der Waals surface area (Å²) in [6, 6.07) is 2.33. The van der Waals surface area contributed by atoms with E-state index < -0.39 is 0 Å². The monoisotopic (exact) mass is 300 g/mol. The van der Waals surface area contributed by atoms with Crippen LogP contribution in [-0.4, -0.2) is 46.5 Å². The number of rotatable bonds is 2. The van der Waals surface area contributed by atoms with Crippen LogP contribution in [-0.2, 0) is 4.74 Å². The van der Waals surface area contributed by atoms with Crippen molar-refractivity contribution < 1.29 is 4.74 Å². The number of aliphatic imine (C=N–C) groups is 1. The van der Waals surface area contributed by atoms with Gasteiger partial charge in [-0.3, -0.25) is 5.10 Å². The Balaban J connectivity index is 1.77. The first-order valence-electron chi connectivity index (χ1n) is 7.58. The van der Waals surface area contributed by atoms with Crippen LogP contribution in [0.25, 0.3) is 5.57 Å². The zero-order valence-corrected chi connectivity index (χ0v) is 12.5. The summed E-state index contributed by atoms with van der Waals surface area (Å²) in [7, 11) is 0. The van der Waals surface area contributed by atoms with E-state index in [1.807, 2.05) is 6.07 Å². The number of allylic oxidation sites excluding steroid dienone is 2. The number of aromatic nitrogens is 2. The molecule has 0 radical (unpaired) electrons. The molecule has 1 aromatic rings. The van der Waals surface area contributed by atoms with Gasteiger partial charge in [0.05, 0.1) is 18.3 Å². The molecule has 1 saturated heterocycles. The molecule has 7 nitrogen and oxygen atoms in total. The largest absolute Gasteiger partial charge is 0.379 e. The van der Waals surface area contributed by atoms with Gasteiger partial charge in [0.2, 0.25) is 0 Å². The Morgan fingerprint density at radius 1 is 1.45 bits per heavy atom. The predicted octanol–water partition coefficient (Wildman–Crippen LogP) is 0.763. The molecular formula is C15H20N6O. The number of hydrogen-bond donors (Lipinski definition) is 3. The normalized spacial score (nSPS) is 28.1. The van der Waals surface area contributed by atoms with Crippen molar-refractivity contribution in [2.24, 2.45) is 10.7 Å². The number of hydrogen-bond acceptors (Lipinski definition) is 6. The molecule has 0 aliphatic carbocycles. The first-order chi connectivity index (χ1) is 10.7. The second-order valence-electron chi connectivity index (χ2n) is 5.93. The van der Waals surface area contributed by atoms with E-state index in [1.165, 1.54) is 11.1 Å². The zero-order valence-electron chi connectivity index (χ0n) is 12.5. The summed E-state index contributed by atoms with van der Waals surface area (Å²) in [5.41, 5.74) is 10.5. The molecule has 0 bridgehead atoms. The van der Waals surface area contributed by atoms with Crippen LogP contribution < -0.4 is 11.1 Å². The number of aromatic amines is 1. The number of ether oxygens (including phenoxy) is 1. The van der Waals surface area contributed by atoms with E-state index >= 15 is 0 Å². The molecule has 4 rings (SSSR count). The van der Waals surface area contributed by atoms with Gasteiger partial charge in [-0.2, -0.15) is 5.10 Å². The van der Waals surface area contributed by atoms with Gasteiger partial charge in [0.1, 0.15) is 6.17 Å². The molecule has 4 N–H and O–H groups in total. The van der Waals surface area contributed by atoms with Crippen molar-refractivity contribution in [3.8, 4) is 0 Å². The first-order valence-corrected chi connectivity index (χ1v) is 7.58. The Morgan fingerprint density at radius 3 is 3.09 bits per heavy atom. The highest BCUT2D eigenvalue weighted by molar-refractivity contribution is 5.82. The van der Waals surface area contributed by atoms with Gasteiger partial charge in [0.15, 0.2) is 5.96 Å². The fourth-order valence-corrected chi connectivity index (χ4v) is 3.34. The summed E-state index contributed by atoms with van der Waals surface area (Å²) in [6.45, 7) is 3.60. The van der Waals surface area contributed by atoms with Gasteiger partial charge in [-0.25, -0.2) is 4.99 Å². The highest BCUT2D eigenvalue weighted by atomic mass is 16.5. The number of nitrogens with two attached hydrogens (primary N) is 1. The van der Waals surface area contributed by atoms with Crippen molar-refractivity contribution in [1.29, 1.82) is 0 Å². The molecule has 7 heteroatoms. The molecule has 1 unspecified atom stereocenters. The second kappa shape index (κ2) is 5.17. The molecule has 2 atom stereocenters. The van der Waals surface area contributed by atoms with E-state index in [0.29, 0.717) is 12.0 Å². The van der Waals surface area contributed by atoms with Gasteiger partial charge in [-0.15, -0.1) is 0 Å². The first kappa shape index (κ1) is 13.4. The molecule has 0 spiro atoms. The Labute approximate surface area is 128 Å². The van der Waals surface area contributed by atoms with Gasteiger partial charge < -0.3 is 20.7 Å². The Morgan fingerprint density at radius 2 is 2.36 bits per heavy atom. The van der Waals surface area contributed by atoms with Crippen molar-refractivity contribution in [2.45, 2.75) is 32.0 Å². The van der Waals surface area contributed by atoms with Crippen LogP contribution in [0.5, 0.6) is 0 Å². The standard InChI is InChI=1S/C15H20N6O/c1-9-12-6-10(13-2-4-17-20-13)7-21(11-3-5-22-8-11)14(12)19-15(16)18-9/h2,4,7,11,14H,3,5-6,8H2,1H3,(H,17,20)(H3,16,18,19)/t11-,14?/m1/s1. The number of guanidine groups is 1. The number of H-pyrrole nitrogens is 1. The quantitative estimate of drug-likeness (QED) is 0.750. The van der Waals surface area contributed by atoms with Crippen LogP contribution in [0.15, 0.2) is 34.7 Å².